The fourth-order valence-corrected chi connectivity index (χ4v) is 4.38. The Hall–Kier alpha value is -3.39. The molecule has 0 radical (unpaired) electrons. The largest absolute Gasteiger partial charge is 0.479 e. The van der Waals surface area contributed by atoms with Crippen LogP contribution >= 0.6 is 0 Å². The lowest BCUT2D eigenvalue weighted by Gasteiger charge is -2.22. The van der Waals surface area contributed by atoms with E-state index in [0.717, 1.165) is 27.3 Å². The van der Waals surface area contributed by atoms with E-state index in [1.807, 2.05) is 38.1 Å². The Morgan fingerprint density at radius 2 is 1.62 bits per heavy atom. The predicted octanol–water partition coefficient (Wildman–Crippen LogP) is 4.05. The molecule has 1 aliphatic rings. The van der Waals surface area contributed by atoms with Crippen LogP contribution in [0.4, 0.5) is 4.79 Å². The summed E-state index contributed by atoms with van der Waals surface area (Å²) in [5.74, 6) is -1.35. The summed E-state index contributed by atoms with van der Waals surface area (Å²) >= 11 is 0. The summed E-state index contributed by atoms with van der Waals surface area (Å²) in [4.78, 5) is 40.4. The van der Waals surface area contributed by atoms with Crippen LogP contribution < -0.4 is 5.32 Å². The number of carbonyl (C=O) groups is 3. The van der Waals surface area contributed by atoms with Crippen molar-refractivity contribution in [2.75, 3.05) is 26.8 Å². The Bertz CT molecular complexity index is 976. The van der Waals surface area contributed by atoms with Crippen LogP contribution in [-0.4, -0.2) is 54.9 Å². The van der Waals surface area contributed by atoms with Crippen LogP contribution in [0.2, 0.25) is 0 Å². The van der Waals surface area contributed by atoms with Crippen molar-refractivity contribution in [3.05, 3.63) is 59.7 Å². The third-order valence-corrected chi connectivity index (χ3v) is 5.88. The van der Waals surface area contributed by atoms with Gasteiger partial charge in [0.05, 0.1) is 0 Å². The van der Waals surface area contributed by atoms with E-state index in [1.165, 1.54) is 7.05 Å². The van der Waals surface area contributed by atoms with Gasteiger partial charge in [0, 0.05) is 25.9 Å². The van der Waals surface area contributed by atoms with Gasteiger partial charge in [0.2, 0.25) is 5.91 Å². The summed E-state index contributed by atoms with van der Waals surface area (Å²) in [5, 5.41) is 12.4. The highest BCUT2D eigenvalue weighted by Gasteiger charge is 2.29. The number of aliphatic carboxylic acids is 1. The van der Waals surface area contributed by atoms with E-state index < -0.39 is 18.7 Å². The molecule has 0 saturated heterocycles. The molecule has 2 aromatic rings. The molecule has 0 heterocycles. The molecule has 8 nitrogen and oxygen atoms in total. The lowest BCUT2D eigenvalue weighted by atomic mass is 9.94. The maximum absolute atomic E-state index is 12.5. The van der Waals surface area contributed by atoms with Crippen LogP contribution in [0.25, 0.3) is 11.1 Å². The van der Waals surface area contributed by atoms with Gasteiger partial charge in [0.25, 0.3) is 0 Å². The van der Waals surface area contributed by atoms with Gasteiger partial charge in [-0.25, -0.2) is 14.7 Å². The number of rotatable bonds is 11. The predicted molar refractivity (Wildman–Crippen MR) is 127 cm³/mol. The normalized spacial score (nSPS) is 13.2. The van der Waals surface area contributed by atoms with Crippen molar-refractivity contribution in [3.63, 3.8) is 0 Å². The molecule has 2 N–H and O–H groups in total. The van der Waals surface area contributed by atoms with Crippen molar-refractivity contribution in [2.24, 2.45) is 11.8 Å². The number of fused-ring (bicyclic) bond motifs is 3. The Morgan fingerprint density at radius 1 is 1.03 bits per heavy atom. The molecule has 2 aromatic carbocycles. The van der Waals surface area contributed by atoms with Crippen LogP contribution in [0.1, 0.15) is 43.7 Å². The minimum atomic E-state index is -1.16. The smallest absolute Gasteiger partial charge is 0.407 e. The van der Waals surface area contributed by atoms with Gasteiger partial charge in [-0.05, 0) is 40.5 Å². The number of amides is 2. The molecule has 0 spiro atoms. The Labute approximate surface area is 199 Å². The Morgan fingerprint density at radius 3 is 2.18 bits per heavy atom. The SMILES string of the molecule is CC(C)C[C@H](CNC(=O)OCC1c2ccccc2-c2ccccc21)CC(=O)N(C)OCC(=O)O. The first-order valence-electron chi connectivity index (χ1n) is 11.5. The Kier molecular flexibility index (Phi) is 8.65. The van der Waals surface area contributed by atoms with E-state index in [9.17, 15) is 14.4 Å². The molecule has 0 aromatic heterocycles. The van der Waals surface area contributed by atoms with Crippen molar-refractivity contribution < 1.29 is 29.1 Å². The monoisotopic (exact) mass is 468 g/mol. The van der Waals surface area contributed by atoms with Crippen molar-refractivity contribution in [1.82, 2.24) is 10.4 Å². The number of ether oxygens (including phenoxy) is 1. The van der Waals surface area contributed by atoms with Gasteiger partial charge < -0.3 is 15.2 Å². The number of nitrogens with zero attached hydrogens (tertiary/aromatic N) is 1. The molecule has 1 aliphatic carbocycles. The molecule has 0 unspecified atom stereocenters. The molecule has 0 bridgehead atoms. The van der Waals surface area contributed by atoms with Crippen LogP contribution in [0.3, 0.4) is 0 Å². The van der Waals surface area contributed by atoms with E-state index in [1.54, 1.807) is 0 Å². The van der Waals surface area contributed by atoms with E-state index in [4.69, 9.17) is 14.7 Å². The van der Waals surface area contributed by atoms with Crippen LogP contribution in [-0.2, 0) is 19.2 Å². The average Bonchev–Trinajstić information content (AvgIpc) is 3.13. The molecule has 2 amide bonds. The van der Waals surface area contributed by atoms with Gasteiger partial charge >= 0.3 is 12.1 Å². The highest BCUT2D eigenvalue weighted by molar-refractivity contribution is 5.79. The minimum Gasteiger partial charge on any atom is -0.479 e. The molecule has 8 heteroatoms. The standard InChI is InChI=1S/C26H32N2O6/c1-17(2)12-18(13-24(29)28(3)34-16-25(30)31)14-27-26(32)33-15-23-21-10-6-4-8-19(21)20-9-5-7-11-22(20)23/h4-11,17-18,23H,12-16H2,1-3H3,(H,27,32)(H,30,31)/t18-/m0/s1. The molecular weight excluding hydrogens is 436 g/mol. The first kappa shape index (κ1) is 25.2. The molecule has 0 aliphatic heterocycles. The molecule has 1 atom stereocenters. The topological polar surface area (TPSA) is 105 Å². The third kappa shape index (κ3) is 6.57. The van der Waals surface area contributed by atoms with E-state index in [0.29, 0.717) is 12.3 Å². The van der Waals surface area contributed by atoms with Crippen LogP contribution in [0.15, 0.2) is 48.5 Å². The number of carbonyl (C=O) groups excluding carboxylic acids is 2. The zero-order valence-electron chi connectivity index (χ0n) is 19.8. The summed E-state index contributed by atoms with van der Waals surface area (Å²) < 4.78 is 5.58. The van der Waals surface area contributed by atoms with Gasteiger partial charge in [-0.1, -0.05) is 62.4 Å². The molecule has 3 rings (SSSR count). The van der Waals surface area contributed by atoms with E-state index >= 15 is 0 Å². The number of benzene rings is 2. The van der Waals surface area contributed by atoms with Crippen molar-refractivity contribution in [3.8, 4) is 11.1 Å². The minimum absolute atomic E-state index is 0.0220. The summed E-state index contributed by atoms with van der Waals surface area (Å²) in [6.45, 7) is 3.98. The second kappa shape index (κ2) is 11.7. The highest BCUT2D eigenvalue weighted by atomic mass is 16.7. The number of hydrogen-bond acceptors (Lipinski definition) is 5. The van der Waals surface area contributed by atoms with Gasteiger partial charge in [-0.2, -0.15) is 0 Å². The molecule has 182 valence electrons. The van der Waals surface area contributed by atoms with Gasteiger partial charge in [-0.15, -0.1) is 0 Å². The zero-order valence-corrected chi connectivity index (χ0v) is 19.8. The molecular formula is C26H32N2O6. The van der Waals surface area contributed by atoms with E-state index in [2.05, 4.69) is 29.6 Å². The summed E-state index contributed by atoms with van der Waals surface area (Å²) in [5.41, 5.74) is 4.61. The highest BCUT2D eigenvalue weighted by Crippen LogP contribution is 2.44. The Balaban J connectivity index is 1.54. The quantitative estimate of drug-likeness (QED) is 0.482. The van der Waals surface area contributed by atoms with Gasteiger partial charge in [0.1, 0.15) is 6.61 Å². The molecule has 0 fully saturated rings. The van der Waals surface area contributed by atoms with Gasteiger partial charge in [0.15, 0.2) is 6.61 Å². The third-order valence-electron chi connectivity index (χ3n) is 5.88. The molecule has 34 heavy (non-hydrogen) atoms. The summed E-state index contributed by atoms with van der Waals surface area (Å²) in [6, 6.07) is 16.3. The average molecular weight is 469 g/mol. The number of nitrogens with one attached hydrogen (secondary N) is 1. The number of hydrogen-bond donors (Lipinski definition) is 2. The second-order valence-corrected chi connectivity index (χ2v) is 8.96. The lowest BCUT2D eigenvalue weighted by Crippen LogP contribution is -2.35. The lowest BCUT2D eigenvalue weighted by molar-refractivity contribution is -0.186. The first-order valence-corrected chi connectivity index (χ1v) is 11.5. The fraction of sp³-hybridized carbons (Fsp3) is 0.423. The summed E-state index contributed by atoms with van der Waals surface area (Å²) in [7, 11) is 1.39. The van der Waals surface area contributed by atoms with Gasteiger partial charge in [-0.3, -0.25) is 9.63 Å². The number of hydroxylamine groups is 2. The number of carboxylic acids is 1. The number of carboxylic acid groups (broad SMARTS) is 1. The zero-order chi connectivity index (χ0) is 24.7. The van der Waals surface area contributed by atoms with Crippen molar-refractivity contribution >= 4 is 18.0 Å². The molecule has 0 saturated carbocycles. The van der Waals surface area contributed by atoms with Crippen molar-refractivity contribution in [2.45, 2.75) is 32.6 Å². The first-order chi connectivity index (χ1) is 16.3. The second-order valence-electron chi connectivity index (χ2n) is 8.96. The van der Waals surface area contributed by atoms with Crippen molar-refractivity contribution in [1.29, 1.82) is 0 Å². The van der Waals surface area contributed by atoms with Crippen LogP contribution in [0, 0.1) is 11.8 Å². The van der Waals surface area contributed by atoms with E-state index in [-0.39, 0.29) is 37.3 Å². The summed E-state index contributed by atoms with van der Waals surface area (Å²) in [6.07, 6.45) is 0.304. The van der Waals surface area contributed by atoms with Crippen LogP contribution in [0.5, 0.6) is 0 Å². The maximum atomic E-state index is 12.5. The number of alkyl carbamates (subject to hydrolysis) is 1. The fourth-order valence-electron chi connectivity index (χ4n) is 4.38. The maximum Gasteiger partial charge on any atom is 0.407 e.